The average molecular weight is 292 g/mol. The van der Waals surface area contributed by atoms with Crippen molar-refractivity contribution < 1.29 is 9.13 Å². The Labute approximate surface area is 126 Å². The summed E-state index contributed by atoms with van der Waals surface area (Å²) in [7, 11) is 1.50. The van der Waals surface area contributed by atoms with Gasteiger partial charge in [0.15, 0.2) is 11.6 Å². The molecule has 1 aliphatic carbocycles. The monoisotopic (exact) mass is 292 g/mol. The molecular weight excluding hydrogens is 267 g/mol. The number of benzene rings is 1. The van der Waals surface area contributed by atoms with Gasteiger partial charge in [-0.05, 0) is 68.9 Å². The zero-order chi connectivity index (χ0) is 14.7. The highest BCUT2D eigenvalue weighted by atomic mass is 19.1. The molecule has 1 heterocycles. The second-order valence-corrected chi connectivity index (χ2v) is 6.37. The molecule has 0 aromatic heterocycles. The molecule has 3 rings (SSSR count). The topological polar surface area (TPSA) is 24.5 Å². The number of likely N-dealkylation sites (tertiary alicyclic amines) is 1. The van der Waals surface area contributed by atoms with Crippen LogP contribution in [0.3, 0.4) is 0 Å². The highest BCUT2D eigenvalue weighted by molar-refractivity contribution is 5.29. The maximum absolute atomic E-state index is 13.7. The van der Waals surface area contributed by atoms with E-state index in [1.165, 1.54) is 39.3 Å². The second kappa shape index (κ2) is 6.75. The van der Waals surface area contributed by atoms with Crippen LogP contribution in [0.2, 0.25) is 0 Å². The van der Waals surface area contributed by atoms with Gasteiger partial charge in [-0.3, -0.25) is 4.90 Å². The average Bonchev–Trinajstić information content (AvgIpc) is 3.31. The van der Waals surface area contributed by atoms with Crippen LogP contribution in [0.4, 0.5) is 4.39 Å². The fourth-order valence-electron chi connectivity index (χ4n) is 3.04. The molecule has 1 aliphatic heterocycles. The lowest BCUT2D eigenvalue weighted by Crippen LogP contribution is -2.37. The third-order valence-corrected chi connectivity index (χ3v) is 4.60. The van der Waals surface area contributed by atoms with E-state index < -0.39 is 0 Å². The molecule has 21 heavy (non-hydrogen) atoms. The van der Waals surface area contributed by atoms with E-state index in [0.29, 0.717) is 5.75 Å². The van der Waals surface area contributed by atoms with Crippen LogP contribution in [0, 0.1) is 11.7 Å². The van der Waals surface area contributed by atoms with Gasteiger partial charge in [-0.15, -0.1) is 0 Å². The van der Waals surface area contributed by atoms with Crippen LogP contribution >= 0.6 is 0 Å². The van der Waals surface area contributed by atoms with Gasteiger partial charge >= 0.3 is 0 Å². The number of methoxy groups -OCH3 is 1. The summed E-state index contributed by atoms with van der Waals surface area (Å²) in [4.78, 5) is 2.43. The molecule has 0 atom stereocenters. The molecular formula is C17H25FN2O. The lowest BCUT2D eigenvalue weighted by molar-refractivity contribution is 0.175. The standard InChI is InChI=1S/C17H25FN2O/c1-21-17-5-2-14(10-16(17)18)12-20-8-6-13(7-9-20)11-19-15-3-4-15/h2,5,10,13,15,19H,3-4,6-9,11-12H2,1H3. The van der Waals surface area contributed by atoms with Crippen LogP contribution in [0.1, 0.15) is 31.2 Å². The minimum atomic E-state index is -0.265. The molecule has 0 amide bonds. The van der Waals surface area contributed by atoms with Crippen molar-refractivity contribution in [2.45, 2.75) is 38.3 Å². The normalized spacial score (nSPS) is 20.7. The maximum Gasteiger partial charge on any atom is 0.165 e. The summed E-state index contributed by atoms with van der Waals surface area (Å²) in [6.07, 6.45) is 5.22. The number of ether oxygens (including phenoxy) is 1. The first-order valence-corrected chi connectivity index (χ1v) is 8.03. The van der Waals surface area contributed by atoms with E-state index in [4.69, 9.17) is 4.74 Å². The summed E-state index contributed by atoms with van der Waals surface area (Å²) in [5.74, 6) is 0.872. The molecule has 3 nitrogen and oxygen atoms in total. The first-order valence-electron chi connectivity index (χ1n) is 8.03. The zero-order valence-electron chi connectivity index (χ0n) is 12.8. The van der Waals surface area contributed by atoms with E-state index in [-0.39, 0.29) is 5.82 Å². The third-order valence-electron chi connectivity index (χ3n) is 4.60. The molecule has 1 aromatic rings. The van der Waals surface area contributed by atoms with Crippen molar-refractivity contribution in [3.63, 3.8) is 0 Å². The van der Waals surface area contributed by atoms with Crippen LogP contribution in [0.25, 0.3) is 0 Å². The molecule has 2 aliphatic rings. The quantitative estimate of drug-likeness (QED) is 0.872. The molecule has 1 saturated heterocycles. The van der Waals surface area contributed by atoms with Gasteiger partial charge in [0, 0.05) is 12.6 Å². The molecule has 1 aromatic carbocycles. The summed E-state index contributed by atoms with van der Waals surface area (Å²) in [5.41, 5.74) is 1.03. The second-order valence-electron chi connectivity index (χ2n) is 6.37. The Morgan fingerprint density at radius 2 is 2.00 bits per heavy atom. The summed E-state index contributed by atoms with van der Waals surface area (Å²) < 4.78 is 18.7. The van der Waals surface area contributed by atoms with Crippen molar-refractivity contribution in [2.24, 2.45) is 5.92 Å². The van der Waals surface area contributed by atoms with E-state index in [9.17, 15) is 4.39 Å². The van der Waals surface area contributed by atoms with Crippen molar-refractivity contribution in [1.29, 1.82) is 0 Å². The van der Waals surface area contributed by atoms with Gasteiger partial charge in [-0.25, -0.2) is 4.39 Å². The van der Waals surface area contributed by atoms with Crippen LogP contribution in [-0.2, 0) is 6.54 Å². The van der Waals surface area contributed by atoms with Crippen molar-refractivity contribution in [3.05, 3.63) is 29.6 Å². The van der Waals surface area contributed by atoms with Crippen LogP contribution in [-0.4, -0.2) is 37.7 Å². The van der Waals surface area contributed by atoms with Gasteiger partial charge in [-0.2, -0.15) is 0 Å². The van der Waals surface area contributed by atoms with Gasteiger partial charge in [0.25, 0.3) is 0 Å². The predicted octanol–water partition coefficient (Wildman–Crippen LogP) is 2.80. The SMILES string of the molecule is COc1ccc(CN2CCC(CNC3CC3)CC2)cc1F. The van der Waals surface area contributed by atoms with E-state index in [1.807, 2.05) is 6.07 Å². The van der Waals surface area contributed by atoms with E-state index >= 15 is 0 Å². The largest absolute Gasteiger partial charge is 0.494 e. The van der Waals surface area contributed by atoms with Gasteiger partial charge < -0.3 is 10.1 Å². The van der Waals surface area contributed by atoms with Crippen molar-refractivity contribution in [3.8, 4) is 5.75 Å². The minimum Gasteiger partial charge on any atom is -0.494 e. The Balaban J connectivity index is 1.44. The number of nitrogens with one attached hydrogen (secondary N) is 1. The van der Waals surface area contributed by atoms with E-state index in [1.54, 1.807) is 12.1 Å². The minimum absolute atomic E-state index is 0.265. The number of halogens is 1. The van der Waals surface area contributed by atoms with Gasteiger partial charge in [0.05, 0.1) is 7.11 Å². The fourth-order valence-corrected chi connectivity index (χ4v) is 3.04. The first kappa shape index (κ1) is 14.8. The smallest absolute Gasteiger partial charge is 0.165 e. The highest BCUT2D eigenvalue weighted by Gasteiger charge is 2.24. The Morgan fingerprint density at radius 3 is 2.62 bits per heavy atom. The maximum atomic E-state index is 13.7. The first-order chi connectivity index (χ1) is 10.2. The molecule has 1 saturated carbocycles. The van der Waals surface area contributed by atoms with Crippen LogP contribution in [0.5, 0.6) is 5.75 Å². The number of piperidine rings is 1. The number of hydrogen-bond acceptors (Lipinski definition) is 3. The third kappa shape index (κ3) is 4.17. The Bertz CT molecular complexity index is 468. The Hall–Kier alpha value is -1.13. The molecule has 116 valence electrons. The van der Waals surface area contributed by atoms with Crippen LogP contribution < -0.4 is 10.1 Å². The molecule has 2 fully saturated rings. The molecule has 0 unspecified atom stereocenters. The Morgan fingerprint density at radius 1 is 1.24 bits per heavy atom. The predicted molar refractivity (Wildman–Crippen MR) is 82.0 cm³/mol. The molecule has 0 bridgehead atoms. The van der Waals surface area contributed by atoms with E-state index in [0.717, 1.165) is 37.2 Å². The lowest BCUT2D eigenvalue weighted by Gasteiger charge is -2.32. The number of rotatable bonds is 6. The number of hydrogen-bond donors (Lipinski definition) is 1. The molecule has 4 heteroatoms. The summed E-state index contributed by atoms with van der Waals surface area (Å²) in [5, 5.41) is 3.63. The fraction of sp³-hybridized carbons (Fsp3) is 0.647. The van der Waals surface area contributed by atoms with Crippen molar-refractivity contribution in [1.82, 2.24) is 10.2 Å². The van der Waals surface area contributed by atoms with E-state index in [2.05, 4.69) is 10.2 Å². The lowest BCUT2D eigenvalue weighted by atomic mass is 9.96. The molecule has 0 radical (unpaired) electrons. The highest BCUT2D eigenvalue weighted by Crippen LogP contribution is 2.23. The molecule has 0 spiro atoms. The summed E-state index contributed by atoms with van der Waals surface area (Å²) in [6, 6.07) is 6.09. The van der Waals surface area contributed by atoms with Gasteiger partial charge in [0.1, 0.15) is 0 Å². The van der Waals surface area contributed by atoms with Crippen LogP contribution in [0.15, 0.2) is 18.2 Å². The summed E-state index contributed by atoms with van der Waals surface area (Å²) >= 11 is 0. The number of nitrogens with zero attached hydrogens (tertiary/aromatic N) is 1. The Kier molecular flexibility index (Phi) is 4.76. The van der Waals surface area contributed by atoms with Crippen molar-refractivity contribution in [2.75, 3.05) is 26.7 Å². The zero-order valence-corrected chi connectivity index (χ0v) is 12.8. The van der Waals surface area contributed by atoms with Gasteiger partial charge in [-0.1, -0.05) is 6.07 Å². The van der Waals surface area contributed by atoms with Gasteiger partial charge in [0.2, 0.25) is 0 Å². The molecule has 1 N–H and O–H groups in total. The van der Waals surface area contributed by atoms with Crippen molar-refractivity contribution >= 4 is 0 Å². The summed E-state index contributed by atoms with van der Waals surface area (Å²) in [6.45, 7) is 4.24.